The minimum Gasteiger partial charge on any atom is -0.382 e. The number of hydrogen-bond acceptors (Lipinski definition) is 6. The van der Waals surface area contributed by atoms with E-state index in [4.69, 9.17) is 9.47 Å². The Hall–Kier alpha value is -1.40. The number of ether oxygens (including phenoxy) is 2. The van der Waals surface area contributed by atoms with E-state index in [0.29, 0.717) is 13.2 Å². The molecule has 6 heteroatoms. The lowest BCUT2D eigenvalue weighted by Gasteiger charge is -2.17. The van der Waals surface area contributed by atoms with Crippen LogP contribution in [-0.2, 0) is 9.47 Å². The van der Waals surface area contributed by atoms with Crippen molar-refractivity contribution in [1.82, 2.24) is 9.97 Å². The van der Waals surface area contributed by atoms with Crippen LogP contribution in [0.2, 0.25) is 0 Å². The molecule has 0 spiro atoms. The zero-order valence-electron chi connectivity index (χ0n) is 13.1. The average Bonchev–Trinajstić information content (AvgIpc) is 2.43. The number of rotatable bonds is 9. The molecule has 0 radical (unpaired) electrons. The van der Waals surface area contributed by atoms with E-state index in [2.05, 4.69) is 34.4 Å². The number of nitrogens with zero attached hydrogens (tertiary/aromatic N) is 2. The van der Waals surface area contributed by atoms with Gasteiger partial charge in [0.25, 0.3) is 0 Å². The van der Waals surface area contributed by atoms with Crippen molar-refractivity contribution < 1.29 is 9.47 Å². The van der Waals surface area contributed by atoms with E-state index in [1.807, 2.05) is 13.0 Å². The van der Waals surface area contributed by atoms with Crippen LogP contribution >= 0.6 is 0 Å². The summed E-state index contributed by atoms with van der Waals surface area (Å²) in [5.74, 6) is 2.75. The lowest BCUT2D eigenvalue weighted by Crippen LogP contribution is -2.27. The number of methoxy groups -OCH3 is 2. The topological polar surface area (TPSA) is 68.3 Å². The summed E-state index contributed by atoms with van der Waals surface area (Å²) in [5, 5.41) is 6.50. The Kier molecular flexibility index (Phi) is 7.25. The highest BCUT2D eigenvalue weighted by Crippen LogP contribution is 2.17. The van der Waals surface area contributed by atoms with Crippen molar-refractivity contribution in [2.45, 2.75) is 32.8 Å². The molecule has 0 aliphatic rings. The van der Waals surface area contributed by atoms with E-state index in [9.17, 15) is 0 Å². The minimum atomic E-state index is 0.0000460. The Morgan fingerprint density at radius 1 is 1.15 bits per heavy atom. The first-order valence-corrected chi connectivity index (χ1v) is 6.99. The molecule has 1 heterocycles. The van der Waals surface area contributed by atoms with E-state index in [1.165, 1.54) is 0 Å². The van der Waals surface area contributed by atoms with E-state index in [0.717, 1.165) is 24.0 Å². The molecule has 0 saturated carbocycles. The molecular weight excluding hydrogens is 256 g/mol. The van der Waals surface area contributed by atoms with Gasteiger partial charge in [0.1, 0.15) is 17.5 Å². The SMILES string of the molecule is CCNc1cc(NCC(COC)OC)nc(C(C)C)n1. The molecule has 1 aromatic rings. The molecule has 20 heavy (non-hydrogen) atoms. The van der Waals surface area contributed by atoms with Crippen molar-refractivity contribution in [2.24, 2.45) is 0 Å². The summed E-state index contributed by atoms with van der Waals surface area (Å²) in [7, 11) is 3.34. The van der Waals surface area contributed by atoms with E-state index >= 15 is 0 Å². The molecule has 0 aliphatic heterocycles. The summed E-state index contributed by atoms with van der Waals surface area (Å²) in [6, 6.07) is 1.91. The Labute approximate surface area is 121 Å². The Bertz CT molecular complexity index is 399. The molecule has 0 aromatic carbocycles. The highest BCUT2D eigenvalue weighted by atomic mass is 16.5. The summed E-state index contributed by atoms with van der Waals surface area (Å²) in [4.78, 5) is 9.01. The third-order valence-corrected chi connectivity index (χ3v) is 2.81. The molecule has 1 atom stereocenters. The maximum atomic E-state index is 5.32. The predicted octanol–water partition coefficient (Wildman–Crippen LogP) is 2.11. The van der Waals surface area contributed by atoms with Crippen LogP contribution in [0.4, 0.5) is 11.6 Å². The van der Waals surface area contributed by atoms with Crippen molar-refractivity contribution >= 4 is 11.6 Å². The van der Waals surface area contributed by atoms with Gasteiger partial charge in [0.05, 0.1) is 12.7 Å². The summed E-state index contributed by atoms with van der Waals surface area (Å²) in [6.07, 6.45) is 0.0000460. The minimum absolute atomic E-state index is 0.0000460. The van der Waals surface area contributed by atoms with E-state index < -0.39 is 0 Å². The molecule has 0 bridgehead atoms. The molecule has 1 rings (SSSR count). The fourth-order valence-electron chi connectivity index (χ4n) is 1.70. The standard InChI is InChI=1S/C14H26N4O2/c1-6-15-12-7-13(18-14(17-12)10(2)3)16-8-11(20-5)9-19-4/h7,10-11H,6,8-9H2,1-5H3,(H2,15,16,17,18). The number of anilines is 2. The van der Waals surface area contributed by atoms with E-state index in [-0.39, 0.29) is 12.0 Å². The lowest BCUT2D eigenvalue weighted by atomic mass is 10.2. The molecule has 2 N–H and O–H groups in total. The van der Waals surface area contributed by atoms with Gasteiger partial charge in [0, 0.05) is 39.3 Å². The maximum Gasteiger partial charge on any atom is 0.135 e. The van der Waals surface area contributed by atoms with Gasteiger partial charge in [-0.3, -0.25) is 0 Å². The summed E-state index contributed by atoms with van der Waals surface area (Å²) < 4.78 is 10.4. The van der Waals surface area contributed by atoms with Crippen molar-refractivity contribution in [2.75, 3.05) is 44.5 Å². The molecule has 114 valence electrons. The number of hydrogen-bond donors (Lipinski definition) is 2. The second-order valence-electron chi connectivity index (χ2n) is 4.88. The normalized spacial score (nSPS) is 12.5. The Morgan fingerprint density at radius 3 is 2.30 bits per heavy atom. The van der Waals surface area contributed by atoms with Gasteiger partial charge in [-0.05, 0) is 6.92 Å². The fraction of sp³-hybridized carbons (Fsp3) is 0.714. The molecule has 0 saturated heterocycles. The first-order chi connectivity index (χ1) is 9.60. The fourth-order valence-corrected chi connectivity index (χ4v) is 1.70. The van der Waals surface area contributed by atoms with Gasteiger partial charge in [-0.2, -0.15) is 0 Å². The molecule has 6 nitrogen and oxygen atoms in total. The van der Waals surface area contributed by atoms with Crippen LogP contribution in [0.25, 0.3) is 0 Å². The summed E-state index contributed by atoms with van der Waals surface area (Å²) in [6.45, 7) is 8.23. The molecule has 0 fully saturated rings. The van der Waals surface area contributed by atoms with Gasteiger partial charge >= 0.3 is 0 Å². The average molecular weight is 282 g/mol. The summed E-state index contributed by atoms with van der Waals surface area (Å²) >= 11 is 0. The summed E-state index contributed by atoms with van der Waals surface area (Å²) in [5.41, 5.74) is 0. The number of nitrogens with one attached hydrogen (secondary N) is 2. The quantitative estimate of drug-likeness (QED) is 0.723. The van der Waals surface area contributed by atoms with Gasteiger partial charge in [-0.15, -0.1) is 0 Å². The molecule has 0 aliphatic carbocycles. The van der Waals surface area contributed by atoms with Crippen molar-refractivity contribution in [3.05, 3.63) is 11.9 Å². The van der Waals surface area contributed by atoms with Crippen LogP contribution in [0, 0.1) is 0 Å². The van der Waals surface area contributed by atoms with Crippen molar-refractivity contribution in [3.63, 3.8) is 0 Å². The van der Waals surface area contributed by atoms with Crippen LogP contribution in [0.15, 0.2) is 6.07 Å². The van der Waals surface area contributed by atoms with Gasteiger partial charge < -0.3 is 20.1 Å². The lowest BCUT2D eigenvalue weighted by molar-refractivity contribution is 0.0365. The van der Waals surface area contributed by atoms with Crippen LogP contribution in [0.3, 0.4) is 0 Å². The molecule has 1 aromatic heterocycles. The second kappa shape index (κ2) is 8.71. The van der Waals surface area contributed by atoms with Crippen LogP contribution < -0.4 is 10.6 Å². The monoisotopic (exact) mass is 282 g/mol. The Morgan fingerprint density at radius 2 is 1.80 bits per heavy atom. The van der Waals surface area contributed by atoms with Crippen molar-refractivity contribution in [1.29, 1.82) is 0 Å². The third kappa shape index (κ3) is 5.30. The molecular formula is C14H26N4O2. The maximum absolute atomic E-state index is 5.32. The van der Waals surface area contributed by atoms with Crippen LogP contribution in [0.5, 0.6) is 0 Å². The van der Waals surface area contributed by atoms with Gasteiger partial charge in [-0.1, -0.05) is 13.8 Å². The van der Waals surface area contributed by atoms with Crippen molar-refractivity contribution in [3.8, 4) is 0 Å². The largest absolute Gasteiger partial charge is 0.382 e. The third-order valence-electron chi connectivity index (χ3n) is 2.81. The van der Waals surface area contributed by atoms with Crippen LogP contribution in [-0.4, -0.2) is 50.0 Å². The first kappa shape index (κ1) is 16.7. The highest BCUT2D eigenvalue weighted by molar-refractivity contribution is 5.47. The zero-order valence-corrected chi connectivity index (χ0v) is 13.1. The number of aromatic nitrogens is 2. The molecule has 1 unspecified atom stereocenters. The highest BCUT2D eigenvalue weighted by Gasteiger charge is 2.10. The van der Waals surface area contributed by atoms with E-state index in [1.54, 1.807) is 14.2 Å². The molecule has 0 amide bonds. The first-order valence-electron chi connectivity index (χ1n) is 6.99. The second-order valence-corrected chi connectivity index (χ2v) is 4.88. The van der Waals surface area contributed by atoms with Crippen LogP contribution in [0.1, 0.15) is 32.5 Å². The van der Waals surface area contributed by atoms with Gasteiger partial charge in [-0.25, -0.2) is 9.97 Å². The predicted molar refractivity (Wildman–Crippen MR) is 81.4 cm³/mol. The van der Waals surface area contributed by atoms with Gasteiger partial charge in [0.15, 0.2) is 0 Å². The van der Waals surface area contributed by atoms with Gasteiger partial charge in [0.2, 0.25) is 0 Å². The Balaban J connectivity index is 2.77. The zero-order chi connectivity index (χ0) is 15.0. The smallest absolute Gasteiger partial charge is 0.135 e.